The molecule has 0 bridgehead atoms. The summed E-state index contributed by atoms with van der Waals surface area (Å²) in [6.07, 6.45) is 5.27. The van der Waals surface area contributed by atoms with Gasteiger partial charge in [0.2, 0.25) is 6.29 Å². The van der Waals surface area contributed by atoms with Crippen molar-refractivity contribution in [3.63, 3.8) is 0 Å². The number of methoxy groups -OCH3 is 1. The predicted molar refractivity (Wildman–Crippen MR) is 87.9 cm³/mol. The van der Waals surface area contributed by atoms with E-state index < -0.39 is 12.4 Å². The number of carbonyl (C=O) groups excluding carboxylic acids is 2. The number of hydrogen-bond donors (Lipinski definition) is 1. The van der Waals surface area contributed by atoms with E-state index in [1.807, 2.05) is 12.1 Å². The number of fused-ring (bicyclic) bond motifs is 1. The van der Waals surface area contributed by atoms with Crippen LogP contribution in [0.4, 0.5) is 4.79 Å². The summed E-state index contributed by atoms with van der Waals surface area (Å²) in [6.45, 7) is 2.43. The number of carbonyl (C=O) groups is 2. The van der Waals surface area contributed by atoms with Crippen LogP contribution in [0.25, 0.3) is 0 Å². The Morgan fingerprint density at radius 2 is 2.08 bits per heavy atom. The fraction of sp³-hybridized carbons (Fsp3) is 0.500. The maximum Gasteiger partial charge on any atom is 0.410 e. The minimum absolute atomic E-state index is 0.00537. The van der Waals surface area contributed by atoms with Crippen molar-refractivity contribution in [3.8, 4) is 0 Å². The van der Waals surface area contributed by atoms with E-state index in [1.165, 1.54) is 13.4 Å². The molecule has 1 aromatic heterocycles. The molecular weight excluding hydrogens is 324 g/mol. The molecule has 1 aliphatic heterocycles. The van der Waals surface area contributed by atoms with Crippen molar-refractivity contribution in [2.24, 2.45) is 17.8 Å². The number of ether oxygens (including phenoxy) is 3. The van der Waals surface area contributed by atoms with Gasteiger partial charge < -0.3 is 19.5 Å². The van der Waals surface area contributed by atoms with Gasteiger partial charge in [0.15, 0.2) is 0 Å². The Morgan fingerprint density at radius 1 is 1.32 bits per heavy atom. The van der Waals surface area contributed by atoms with Gasteiger partial charge >= 0.3 is 12.1 Å². The molecule has 2 heterocycles. The van der Waals surface area contributed by atoms with Crippen LogP contribution >= 0.6 is 0 Å². The number of pyridine rings is 1. The van der Waals surface area contributed by atoms with Crippen LogP contribution in [0.3, 0.4) is 0 Å². The highest BCUT2D eigenvalue weighted by molar-refractivity contribution is 5.89. The zero-order valence-corrected chi connectivity index (χ0v) is 14.3. The van der Waals surface area contributed by atoms with Crippen molar-refractivity contribution >= 4 is 12.1 Å². The monoisotopic (exact) mass is 346 g/mol. The van der Waals surface area contributed by atoms with Crippen LogP contribution in [-0.4, -0.2) is 30.4 Å². The lowest BCUT2D eigenvalue weighted by molar-refractivity contribution is -0.145. The summed E-state index contributed by atoms with van der Waals surface area (Å²) in [5.74, 6) is -0.152. The third-order valence-corrected chi connectivity index (χ3v) is 4.93. The van der Waals surface area contributed by atoms with Crippen molar-refractivity contribution < 1.29 is 23.8 Å². The number of nitrogens with one attached hydrogen (secondary N) is 1. The van der Waals surface area contributed by atoms with Gasteiger partial charge in [0.05, 0.1) is 18.9 Å². The SMILES string of the molecule is COC(=O)C1=COC(OC(=O)NCc2ccncc2)C2C(C)CCC12. The van der Waals surface area contributed by atoms with Gasteiger partial charge in [0.25, 0.3) is 0 Å². The van der Waals surface area contributed by atoms with Gasteiger partial charge in [-0.3, -0.25) is 4.98 Å². The summed E-state index contributed by atoms with van der Waals surface area (Å²) in [5, 5.41) is 2.70. The Labute approximate surface area is 146 Å². The minimum Gasteiger partial charge on any atom is -0.466 e. The van der Waals surface area contributed by atoms with Gasteiger partial charge in [-0.05, 0) is 36.5 Å². The minimum atomic E-state index is -0.701. The van der Waals surface area contributed by atoms with Crippen molar-refractivity contribution in [3.05, 3.63) is 41.9 Å². The maximum atomic E-state index is 12.1. The second kappa shape index (κ2) is 7.55. The van der Waals surface area contributed by atoms with Crippen molar-refractivity contribution in [1.29, 1.82) is 0 Å². The van der Waals surface area contributed by atoms with Gasteiger partial charge in [-0.1, -0.05) is 6.92 Å². The number of amides is 1. The molecule has 7 nitrogen and oxygen atoms in total. The Bertz CT molecular complexity index is 661. The number of alkyl carbamates (subject to hydrolysis) is 1. The van der Waals surface area contributed by atoms with Crippen LogP contribution in [0.5, 0.6) is 0 Å². The summed E-state index contributed by atoms with van der Waals surface area (Å²) in [7, 11) is 1.35. The first kappa shape index (κ1) is 17.3. The van der Waals surface area contributed by atoms with E-state index >= 15 is 0 Å². The molecule has 25 heavy (non-hydrogen) atoms. The van der Waals surface area contributed by atoms with Crippen molar-refractivity contribution in [2.45, 2.75) is 32.6 Å². The third kappa shape index (κ3) is 3.75. The molecule has 2 aliphatic rings. The molecule has 1 aromatic rings. The lowest BCUT2D eigenvalue weighted by Crippen LogP contribution is -2.41. The topological polar surface area (TPSA) is 86.8 Å². The van der Waals surface area contributed by atoms with Gasteiger partial charge in [-0.15, -0.1) is 0 Å². The number of esters is 1. The second-order valence-electron chi connectivity index (χ2n) is 6.42. The molecule has 0 spiro atoms. The molecule has 1 fully saturated rings. The molecule has 0 saturated heterocycles. The molecule has 1 aliphatic carbocycles. The molecule has 4 unspecified atom stereocenters. The molecule has 1 N–H and O–H groups in total. The summed E-state index contributed by atoms with van der Waals surface area (Å²) in [4.78, 5) is 27.9. The number of aromatic nitrogens is 1. The Morgan fingerprint density at radius 3 is 2.80 bits per heavy atom. The number of rotatable bonds is 4. The zero-order chi connectivity index (χ0) is 17.8. The van der Waals surface area contributed by atoms with Crippen molar-refractivity contribution in [1.82, 2.24) is 10.3 Å². The molecule has 0 aromatic carbocycles. The van der Waals surface area contributed by atoms with Crippen LogP contribution in [0, 0.1) is 17.8 Å². The zero-order valence-electron chi connectivity index (χ0n) is 14.3. The molecule has 1 amide bonds. The van der Waals surface area contributed by atoms with Gasteiger partial charge in [0.1, 0.15) is 0 Å². The molecular formula is C18H22N2O5. The van der Waals surface area contributed by atoms with Gasteiger partial charge in [0, 0.05) is 30.8 Å². The van der Waals surface area contributed by atoms with E-state index in [0.717, 1.165) is 18.4 Å². The largest absolute Gasteiger partial charge is 0.466 e. The van der Waals surface area contributed by atoms with Crippen molar-refractivity contribution in [2.75, 3.05) is 7.11 Å². The van der Waals surface area contributed by atoms with E-state index in [2.05, 4.69) is 17.2 Å². The first-order chi connectivity index (χ1) is 12.1. The highest BCUT2D eigenvalue weighted by Crippen LogP contribution is 2.46. The molecule has 7 heteroatoms. The average Bonchev–Trinajstić information content (AvgIpc) is 3.03. The summed E-state index contributed by atoms with van der Waals surface area (Å²) in [5.41, 5.74) is 1.45. The van der Waals surface area contributed by atoms with E-state index in [-0.39, 0.29) is 23.7 Å². The highest BCUT2D eigenvalue weighted by Gasteiger charge is 2.48. The lowest BCUT2D eigenvalue weighted by atomic mass is 9.83. The molecule has 4 atom stereocenters. The standard InChI is InChI=1S/C18H22N2O5/c1-11-3-4-13-14(16(21)23-2)10-24-17(15(11)13)25-18(22)20-9-12-5-7-19-8-6-12/h5-8,10-11,13,15,17H,3-4,9H2,1-2H3,(H,20,22). The normalized spacial score (nSPS) is 27.5. The van der Waals surface area contributed by atoms with E-state index in [9.17, 15) is 9.59 Å². The fourth-order valence-corrected chi connectivity index (χ4v) is 3.61. The first-order valence-corrected chi connectivity index (χ1v) is 8.37. The maximum absolute atomic E-state index is 12.1. The van der Waals surface area contributed by atoms with E-state index in [4.69, 9.17) is 14.2 Å². The van der Waals surface area contributed by atoms with Gasteiger partial charge in [-0.2, -0.15) is 0 Å². The summed E-state index contributed by atoms with van der Waals surface area (Å²) >= 11 is 0. The third-order valence-electron chi connectivity index (χ3n) is 4.93. The van der Waals surface area contributed by atoms with E-state index in [1.54, 1.807) is 12.4 Å². The summed E-state index contributed by atoms with van der Waals surface area (Å²) < 4.78 is 15.9. The van der Waals surface area contributed by atoms with Crippen LogP contribution in [-0.2, 0) is 25.5 Å². The average molecular weight is 346 g/mol. The predicted octanol–water partition coefficient (Wildman–Crippen LogP) is 2.38. The lowest BCUT2D eigenvalue weighted by Gasteiger charge is -2.34. The smallest absolute Gasteiger partial charge is 0.410 e. The Hall–Kier alpha value is -2.57. The Kier molecular flexibility index (Phi) is 5.21. The quantitative estimate of drug-likeness (QED) is 0.843. The van der Waals surface area contributed by atoms with Crippen LogP contribution in [0.1, 0.15) is 25.3 Å². The fourth-order valence-electron chi connectivity index (χ4n) is 3.61. The highest BCUT2D eigenvalue weighted by atomic mass is 16.7. The molecule has 0 radical (unpaired) electrons. The van der Waals surface area contributed by atoms with E-state index in [0.29, 0.717) is 12.1 Å². The molecule has 3 rings (SSSR count). The molecule has 1 saturated carbocycles. The number of hydrogen-bond acceptors (Lipinski definition) is 6. The van der Waals surface area contributed by atoms with Crippen LogP contribution < -0.4 is 5.32 Å². The first-order valence-electron chi connectivity index (χ1n) is 8.37. The number of nitrogens with zero attached hydrogens (tertiary/aromatic N) is 1. The molecule has 134 valence electrons. The van der Waals surface area contributed by atoms with Gasteiger partial charge in [-0.25, -0.2) is 9.59 Å². The van der Waals surface area contributed by atoms with Crippen LogP contribution in [0.2, 0.25) is 0 Å². The summed E-state index contributed by atoms with van der Waals surface area (Å²) in [6, 6.07) is 3.63. The second-order valence-corrected chi connectivity index (χ2v) is 6.42. The Balaban J connectivity index is 1.63. The van der Waals surface area contributed by atoms with Crippen LogP contribution in [0.15, 0.2) is 36.4 Å².